The molecule has 4 aromatic carbocycles. The molecule has 4 heterocycles. The molecule has 0 unspecified atom stereocenters. The van der Waals surface area contributed by atoms with Gasteiger partial charge < -0.3 is 24.0 Å². The zero-order valence-corrected chi connectivity index (χ0v) is 31.3. The van der Waals surface area contributed by atoms with Gasteiger partial charge in [0.05, 0.1) is 31.1 Å². The predicted octanol–water partition coefficient (Wildman–Crippen LogP) is 11.7. The molecule has 0 saturated heterocycles. The lowest BCUT2D eigenvalue weighted by molar-refractivity contribution is 0.332. The third-order valence-corrected chi connectivity index (χ3v) is 11.0. The second kappa shape index (κ2) is 13.5. The highest BCUT2D eigenvalue weighted by Crippen LogP contribution is 2.54. The van der Waals surface area contributed by atoms with Crippen molar-refractivity contribution in [3.8, 4) is 23.3 Å². The molecular weight excluding hydrogens is 669 g/mol. The molecule has 0 bridgehead atoms. The molecular formula is C47H42N4O3. The van der Waals surface area contributed by atoms with Crippen LogP contribution in [0.2, 0.25) is 0 Å². The van der Waals surface area contributed by atoms with Crippen molar-refractivity contribution in [3.63, 3.8) is 0 Å². The number of nitriles is 1. The number of para-hydroxylation sites is 4. The smallest absolute Gasteiger partial charge is 0.269 e. The van der Waals surface area contributed by atoms with Gasteiger partial charge in [-0.2, -0.15) is 0 Å². The van der Waals surface area contributed by atoms with Crippen molar-refractivity contribution < 1.29 is 14.2 Å². The van der Waals surface area contributed by atoms with Gasteiger partial charge in [-0.05, 0) is 113 Å². The first-order valence-electron chi connectivity index (χ1n) is 18.4. The molecule has 7 heteroatoms. The Morgan fingerprint density at radius 2 is 1.43 bits per heavy atom. The number of nitrogens with zero attached hydrogens (tertiary/aromatic N) is 4. The molecule has 4 aliphatic heterocycles. The molecule has 0 aliphatic carbocycles. The maximum atomic E-state index is 9.80. The van der Waals surface area contributed by atoms with Crippen LogP contribution in [0.5, 0.6) is 17.2 Å². The normalized spacial score (nSPS) is 18.6. The molecule has 0 N–H and O–H groups in total. The Morgan fingerprint density at radius 3 is 2.04 bits per heavy atom. The Morgan fingerprint density at radius 1 is 0.815 bits per heavy atom. The van der Waals surface area contributed by atoms with Crippen molar-refractivity contribution in [2.24, 2.45) is 0 Å². The fourth-order valence-electron chi connectivity index (χ4n) is 7.98. The Hall–Kier alpha value is -6.44. The molecule has 54 heavy (non-hydrogen) atoms. The van der Waals surface area contributed by atoms with Gasteiger partial charge in [0.1, 0.15) is 17.3 Å². The number of benzene rings is 4. The zero-order chi connectivity index (χ0) is 37.6. The highest BCUT2D eigenvalue weighted by atomic mass is 16.5. The Bertz CT molecular complexity index is 2350. The summed E-state index contributed by atoms with van der Waals surface area (Å²) in [5, 5.41) is 9.80. The van der Waals surface area contributed by atoms with Gasteiger partial charge in [0, 0.05) is 35.6 Å². The summed E-state index contributed by atoms with van der Waals surface area (Å²) in [4.78, 5) is 8.24. The van der Waals surface area contributed by atoms with E-state index in [0.29, 0.717) is 17.1 Å². The van der Waals surface area contributed by atoms with Crippen molar-refractivity contribution in [1.29, 1.82) is 5.26 Å². The number of fused-ring (bicyclic) bond motifs is 2. The van der Waals surface area contributed by atoms with E-state index in [-0.39, 0.29) is 16.5 Å². The number of methoxy groups -OCH3 is 1. The van der Waals surface area contributed by atoms with Crippen molar-refractivity contribution in [1.82, 2.24) is 0 Å². The van der Waals surface area contributed by atoms with Crippen LogP contribution in [-0.2, 0) is 15.6 Å². The maximum Gasteiger partial charge on any atom is 0.269 e. The minimum atomic E-state index is -0.0485. The van der Waals surface area contributed by atoms with Crippen LogP contribution in [0.4, 0.5) is 22.7 Å². The van der Waals surface area contributed by atoms with Gasteiger partial charge in [-0.3, -0.25) is 0 Å². The summed E-state index contributed by atoms with van der Waals surface area (Å²) in [7, 11) is 1.75. The van der Waals surface area contributed by atoms with Crippen molar-refractivity contribution >= 4 is 34.9 Å². The van der Waals surface area contributed by atoms with Gasteiger partial charge in [0.2, 0.25) is 0 Å². The average Bonchev–Trinajstić information content (AvgIpc) is 3.18. The molecule has 0 aromatic heterocycles. The molecule has 0 spiro atoms. The minimum absolute atomic E-state index is 0.00454. The fraction of sp³-hybridized carbons (Fsp3) is 0.234. The van der Waals surface area contributed by atoms with Gasteiger partial charge in [-0.25, -0.2) is 10.1 Å². The average molecular weight is 711 g/mol. The van der Waals surface area contributed by atoms with Gasteiger partial charge in [0.25, 0.3) is 5.70 Å². The van der Waals surface area contributed by atoms with Crippen molar-refractivity contribution in [2.75, 3.05) is 30.0 Å². The standard InChI is InChI=1S/C47H42N4O3/c1-46(2)23-25-50-26-24-47(3,4)43-44(50)37(46)29-32(45(43)52-6)18-22-36-28-33(38(30-48)49-5)27-35(53-36)21-17-31-15-19-34(20-16-31)51-39-11-7-9-13-41(39)54-42-14-10-8-12-40(42)51/h7-22,27-29H,23-26H2,1-4,6H3. The van der Waals surface area contributed by atoms with Gasteiger partial charge in [-0.15, -0.1) is 0 Å². The van der Waals surface area contributed by atoms with Crippen LogP contribution >= 0.6 is 0 Å². The number of hydrogen-bond donors (Lipinski definition) is 0. The van der Waals surface area contributed by atoms with Gasteiger partial charge >= 0.3 is 0 Å². The summed E-state index contributed by atoms with van der Waals surface area (Å²) in [6.07, 6.45) is 13.4. The second-order valence-corrected chi connectivity index (χ2v) is 15.4. The quantitative estimate of drug-likeness (QED) is 0.129. The third-order valence-electron chi connectivity index (χ3n) is 11.0. The summed E-state index contributed by atoms with van der Waals surface area (Å²) in [5.41, 5.74) is 9.31. The van der Waals surface area contributed by atoms with E-state index < -0.39 is 0 Å². The molecule has 4 aromatic rings. The van der Waals surface area contributed by atoms with E-state index in [1.165, 1.54) is 16.8 Å². The minimum Gasteiger partial charge on any atom is -0.496 e. The van der Waals surface area contributed by atoms with Crippen molar-refractivity contribution in [3.05, 3.63) is 160 Å². The predicted molar refractivity (Wildman–Crippen MR) is 216 cm³/mol. The van der Waals surface area contributed by atoms with E-state index in [2.05, 4.69) is 90.9 Å². The summed E-state index contributed by atoms with van der Waals surface area (Å²) < 4.78 is 18.7. The van der Waals surface area contributed by atoms with E-state index in [4.69, 9.17) is 20.8 Å². The lowest BCUT2D eigenvalue weighted by atomic mass is 9.68. The largest absolute Gasteiger partial charge is 0.496 e. The Labute approximate surface area is 317 Å². The Kier molecular flexibility index (Phi) is 8.67. The second-order valence-electron chi connectivity index (χ2n) is 15.4. The number of anilines is 4. The topological polar surface area (TPSA) is 62.3 Å². The maximum absolute atomic E-state index is 9.80. The summed E-state index contributed by atoms with van der Waals surface area (Å²) in [6.45, 7) is 19.0. The molecule has 0 amide bonds. The molecule has 0 saturated carbocycles. The van der Waals surface area contributed by atoms with Crippen LogP contribution in [0.1, 0.15) is 62.8 Å². The molecule has 4 aliphatic rings. The third kappa shape index (κ3) is 6.12. The van der Waals surface area contributed by atoms with Gasteiger partial charge in [-0.1, -0.05) is 70.2 Å². The van der Waals surface area contributed by atoms with Crippen LogP contribution in [0.15, 0.2) is 126 Å². The van der Waals surface area contributed by atoms with E-state index >= 15 is 0 Å². The van der Waals surface area contributed by atoms with E-state index in [1.54, 1.807) is 19.3 Å². The van der Waals surface area contributed by atoms with E-state index in [1.807, 2.05) is 60.7 Å². The first-order valence-corrected chi connectivity index (χ1v) is 18.4. The SMILES string of the molecule is [C-]#[N+]C(C#N)=C1C=C(C=Cc2ccc(N3c4ccccc4Oc4ccccc43)cc2)OC(C=Cc2cc3c4c(c2OC)C(C)(C)CCN4CCC3(C)C)=C1. The number of rotatable bonds is 6. The van der Waals surface area contributed by atoms with Crippen molar-refractivity contribution in [2.45, 2.75) is 51.4 Å². The van der Waals surface area contributed by atoms with Crippen LogP contribution < -0.4 is 19.3 Å². The molecule has 7 nitrogen and oxygen atoms in total. The lowest BCUT2D eigenvalue weighted by Crippen LogP contribution is -2.45. The zero-order valence-electron chi connectivity index (χ0n) is 31.3. The van der Waals surface area contributed by atoms with Crippen LogP contribution in [0, 0.1) is 17.9 Å². The highest BCUT2D eigenvalue weighted by Gasteiger charge is 2.42. The molecule has 8 rings (SSSR count). The van der Waals surface area contributed by atoms with Crippen LogP contribution in [0.25, 0.3) is 17.0 Å². The van der Waals surface area contributed by atoms with E-state index in [0.717, 1.165) is 71.4 Å². The fourth-order valence-corrected chi connectivity index (χ4v) is 7.98. The summed E-state index contributed by atoms with van der Waals surface area (Å²) in [5.74, 6) is 3.54. The Balaban J connectivity index is 1.10. The number of ether oxygens (including phenoxy) is 3. The molecule has 0 atom stereocenters. The molecule has 0 radical (unpaired) electrons. The molecule has 268 valence electrons. The van der Waals surface area contributed by atoms with Gasteiger partial charge in [0.15, 0.2) is 11.5 Å². The summed E-state index contributed by atoms with van der Waals surface area (Å²) >= 11 is 0. The first kappa shape index (κ1) is 34.6. The number of allylic oxidation sites excluding steroid dienone is 6. The first-order chi connectivity index (χ1) is 26.1. The highest BCUT2D eigenvalue weighted by molar-refractivity contribution is 5.86. The number of hydrogen-bond acceptors (Lipinski definition) is 6. The monoisotopic (exact) mass is 710 g/mol. The van der Waals surface area contributed by atoms with Crippen LogP contribution in [0.3, 0.4) is 0 Å². The molecule has 0 fully saturated rings. The lowest BCUT2D eigenvalue weighted by Gasteiger charge is -2.48. The van der Waals surface area contributed by atoms with Crippen LogP contribution in [-0.4, -0.2) is 20.2 Å². The van der Waals surface area contributed by atoms with E-state index in [9.17, 15) is 5.26 Å². The summed E-state index contributed by atoms with van der Waals surface area (Å²) in [6, 6.07) is 28.7.